The Morgan fingerprint density at radius 3 is 1.39 bits per heavy atom. The molecule has 0 bridgehead atoms. The molecule has 33 heavy (non-hydrogen) atoms. The molecule has 7 heteroatoms. The Hall–Kier alpha value is -3.42. The second-order valence-electron chi connectivity index (χ2n) is 7.64. The number of nitrogens with zero attached hydrogens (tertiary/aromatic N) is 2. The molecule has 0 aliphatic carbocycles. The van der Waals surface area contributed by atoms with Crippen LogP contribution in [0.5, 0.6) is 11.5 Å². The van der Waals surface area contributed by atoms with Gasteiger partial charge in [0.25, 0.3) is 0 Å². The smallest absolute Gasteiger partial charge is 0.138 e. The molecule has 0 radical (unpaired) electrons. The van der Waals surface area contributed by atoms with E-state index in [1.165, 1.54) is 0 Å². The predicted molar refractivity (Wildman–Crippen MR) is 139 cm³/mol. The Labute approximate surface area is 206 Å². The molecule has 0 unspecified atom stereocenters. The van der Waals surface area contributed by atoms with Crippen LogP contribution in [0.4, 0.5) is 0 Å². The number of aromatic amines is 2. The summed E-state index contributed by atoms with van der Waals surface area (Å²) < 4.78 is 8.22. The van der Waals surface area contributed by atoms with Gasteiger partial charge in [-0.25, -0.2) is 9.97 Å². The lowest BCUT2D eigenvalue weighted by atomic mass is 10.2. The van der Waals surface area contributed by atoms with Crippen molar-refractivity contribution in [1.82, 2.24) is 19.9 Å². The van der Waals surface area contributed by atoms with E-state index in [1.807, 2.05) is 84.9 Å². The van der Waals surface area contributed by atoms with Gasteiger partial charge < -0.3 is 14.7 Å². The summed E-state index contributed by atoms with van der Waals surface area (Å²) in [6.45, 7) is 0. The van der Waals surface area contributed by atoms with E-state index >= 15 is 0 Å². The minimum atomic E-state index is 0.737. The van der Waals surface area contributed by atoms with Crippen molar-refractivity contribution in [1.29, 1.82) is 0 Å². The summed E-state index contributed by atoms with van der Waals surface area (Å²) in [6, 6.07) is 27.9. The van der Waals surface area contributed by atoms with Gasteiger partial charge in [-0.2, -0.15) is 0 Å². The van der Waals surface area contributed by atoms with Crippen LogP contribution in [-0.2, 0) is 0 Å². The second kappa shape index (κ2) is 8.17. The van der Waals surface area contributed by atoms with Gasteiger partial charge >= 0.3 is 0 Å². The van der Waals surface area contributed by atoms with Crippen molar-refractivity contribution in [3.8, 4) is 34.3 Å². The summed E-state index contributed by atoms with van der Waals surface area (Å²) in [6.07, 6.45) is 0. The third kappa shape index (κ3) is 4.05. The van der Waals surface area contributed by atoms with E-state index in [2.05, 4.69) is 41.8 Å². The van der Waals surface area contributed by atoms with Gasteiger partial charge in [-0.15, -0.1) is 0 Å². The number of fused-ring (bicyclic) bond motifs is 2. The lowest BCUT2D eigenvalue weighted by Gasteiger charge is -2.05. The molecule has 0 saturated heterocycles. The van der Waals surface area contributed by atoms with Crippen molar-refractivity contribution < 1.29 is 4.74 Å². The zero-order chi connectivity index (χ0) is 22.4. The summed E-state index contributed by atoms with van der Waals surface area (Å²) in [7, 11) is 0. The quantitative estimate of drug-likeness (QED) is 0.229. The first-order valence-electron chi connectivity index (χ1n) is 10.3. The molecule has 2 heterocycles. The van der Waals surface area contributed by atoms with Crippen LogP contribution in [0, 0.1) is 0 Å². The number of nitrogens with one attached hydrogen (secondary N) is 2. The largest absolute Gasteiger partial charge is 0.457 e. The van der Waals surface area contributed by atoms with Crippen molar-refractivity contribution in [2.24, 2.45) is 0 Å². The van der Waals surface area contributed by atoms with Crippen LogP contribution in [-0.4, -0.2) is 19.9 Å². The number of aromatic nitrogens is 4. The maximum atomic E-state index is 6.15. The maximum Gasteiger partial charge on any atom is 0.138 e. The highest BCUT2D eigenvalue weighted by molar-refractivity contribution is 9.10. The standard InChI is InChI=1S/C26H16Br2N4O/c27-17-5-1-15(2-6-17)25-29-21-11-9-19(13-23(21)31-25)33-20-10-12-22-24(14-20)32-26(30-22)16-3-7-18(28)8-4-16/h1-14H,(H,29,31)(H,30,32). The summed E-state index contributed by atoms with van der Waals surface area (Å²) in [4.78, 5) is 16.2. The lowest BCUT2D eigenvalue weighted by Crippen LogP contribution is -1.84. The van der Waals surface area contributed by atoms with Crippen LogP contribution in [0.2, 0.25) is 0 Å². The number of benzene rings is 4. The number of ether oxygens (including phenoxy) is 1. The van der Waals surface area contributed by atoms with Crippen molar-refractivity contribution in [3.05, 3.63) is 93.9 Å². The molecule has 2 N–H and O–H groups in total. The molecule has 0 aliphatic rings. The lowest BCUT2D eigenvalue weighted by molar-refractivity contribution is 0.484. The first-order chi connectivity index (χ1) is 16.1. The number of hydrogen-bond acceptors (Lipinski definition) is 3. The number of imidazole rings is 2. The fraction of sp³-hybridized carbons (Fsp3) is 0. The molecule has 2 aromatic heterocycles. The Balaban J connectivity index is 1.28. The molecule has 0 fully saturated rings. The molecular formula is C26H16Br2N4O. The summed E-state index contributed by atoms with van der Waals surface area (Å²) in [5, 5.41) is 0. The topological polar surface area (TPSA) is 66.6 Å². The molecule has 0 saturated carbocycles. The summed E-state index contributed by atoms with van der Waals surface area (Å²) >= 11 is 6.94. The fourth-order valence-corrected chi connectivity index (χ4v) is 4.26. The van der Waals surface area contributed by atoms with Crippen LogP contribution < -0.4 is 4.74 Å². The average molecular weight is 560 g/mol. The average Bonchev–Trinajstić information content (AvgIpc) is 3.44. The highest BCUT2D eigenvalue weighted by Crippen LogP contribution is 2.30. The molecule has 5 nitrogen and oxygen atoms in total. The molecule has 6 aromatic rings. The van der Waals surface area contributed by atoms with Gasteiger partial charge in [-0.1, -0.05) is 56.1 Å². The minimum absolute atomic E-state index is 0.737. The molecule has 160 valence electrons. The third-order valence-electron chi connectivity index (χ3n) is 5.38. The molecular weight excluding hydrogens is 544 g/mol. The second-order valence-corrected chi connectivity index (χ2v) is 9.48. The van der Waals surface area contributed by atoms with Gasteiger partial charge in [0.15, 0.2) is 0 Å². The normalized spacial score (nSPS) is 11.3. The maximum absolute atomic E-state index is 6.15. The van der Waals surface area contributed by atoms with Crippen LogP contribution in [0.3, 0.4) is 0 Å². The number of hydrogen-bond donors (Lipinski definition) is 2. The van der Waals surface area contributed by atoms with E-state index in [-0.39, 0.29) is 0 Å². The first kappa shape index (κ1) is 20.2. The monoisotopic (exact) mass is 558 g/mol. The van der Waals surface area contributed by atoms with Crippen LogP contribution in [0.1, 0.15) is 0 Å². The highest BCUT2D eigenvalue weighted by atomic mass is 79.9. The van der Waals surface area contributed by atoms with E-state index in [9.17, 15) is 0 Å². The van der Waals surface area contributed by atoms with Crippen LogP contribution in [0.15, 0.2) is 93.9 Å². The van der Waals surface area contributed by atoms with Crippen molar-refractivity contribution in [2.75, 3.05) is 0 Å². The molecule has 4 aromatic carbocycles. The van der Waals surface area contributed by atoms with Crippen molar-refractivity contribution in [3.63, 3.8) is 0 Å². The Morgan fingerprint density at radius 2 is 0.970 bits per heavy atom. The SMILES string of the molecule is Brc1ccc(-c2nc3ccc(Oc4ccc5nc(-c6ccc(Br)cc6)[nH]c5c4)cc3[nH]2)cc1. The fourth-order valence-electron chi connectivity index (χ4n) is 3.73. The van der Waals surface area contributed by atoms with Crippen LogP contribution in [0.25, 0.3) is 44.8 Å². The molecule has 0 amide bonds. The summed E-state index contributed by atoms with van der Waals surface area (Å²) in [5.41, 5.74) is 5.69. The van der Waals surface area contributed by atoms with Crippen molar-refractivity contribution >= 4 is 53.9 Å². The van der Waals surface area contributed by atoms with Gasteiger partial charge in [-0.3, -0.25) is 0 Å². The van der Waals surface area contributed by atoms with E-state index in [0.717, 1.165) is 65.3 Å². The van der Waals surface area contributed by atoms with Gasteiger partial charge in [0.05, 0.1) is 22.1 Å². The third-order valence-corrected chi connectivity index (χ3v) is 6.44. The zero-order valence-corrected chi connectivity index (χ0v) is 20.3. The minimum Gasteiger partial charge on any atom is -0.457 e. The number of halogens is 2. The number of rotatable bonds is 4. The molecule has 0 spiro atoms. The highest BCUT2D eigenvalue weighted by Gasteiger charge is 2.09. The van der Waals surface area contributed by atoms with Gasteiger partial charge in [0.2, 0.25) is 0 Å². The molecule has 0 aliphatic heterocycles. The molecule has 6 rings (SSSR count). The Bertz CT molecular complexity index is 1480. The number of H-pyrrole nitrogens is 2. The Kier molecular flexibility index (Phi) is 5.00. The van der Waals surface area contributed by atoms with Crippen molar-refractivity contribution in [2.45, 2.75) is 0 Å². The van der Waals surface area contributed by atoms with E-state index in [1.54, 1.807) is 0 Å². The first-order valence-corrected chi connectivity index (χ1v) is 11.9. The van der Waals surface area contributed by atoms with E-state index < -0.39 is 0 Å². The van der Waals surface area contributed by atoms with Gasteiger partial charge in [-0.05, 0) is 48.5 Å². The van der Waals surface area contributed by atoms with E-state index in [4.69, 9.17) is 14.7 Å². The Morgan fingerprint density at radius 1 is 0.545 bits per heavy atom. The predicted octanol–water partition coefficient (Wildman–Crippen LogP) is 8.09. The summed E-state index contributed by atoms with van der Waals surface area (Å²) in [5.74, 6) is 3.13. The molecule has 0 atom stereocenters. The zero-order valence-electron chi connectivity index (χ0n) is 17.1. The van der Waals surface area contributed by atoms with Crippen LogP contribution >= 0.6 is 31.9 Å². The van der Waals surface area contributed by atoms with Gasteiger partial charge in [0.1, 0.15) is 23.1 Å². The van der Waals surface area contributed by atoms with Gasteiger partial charge in [0, 0.05) is 32.2 Å². The van der Waals surface area contributed by atoms with E-state index in [0.29, 0.717) is 0 Å².